The van der Waals surface area contributed by atoms with Crippen LogP contribution in [0.15, 0.2) is 60.2 Å². The van der Waals surface area contributed by atoms with Gasteiger partial charge in [0.15, 0.2) is 0 Å². The predicted molar refractivity (Wildman–Crippen MR) is 157 cm³/mol. The van der Waals surface area contributed by atoms with Crippen molar-refractivity contribution in [2.45, 2.75) is 51.4 Å². The van der Waals surface area contributed by atoms with Gasteiger partial charge in [-0.3, -0.25) is 4.79 Å². The third-order valence-electron chi connectivity index (χ3n) is 9.02. The molecule has 4 rings (SSSR count). The van der Waals surface area contributed by atoms with E-state index in [0.717, 1.165) is 35.8 Å². The first kappa shape index (κ1) is 30.8. The maximum absolute atomic E-state index is 14.1. The van der Waals surface area contributed by atoms with Crippen molar-refractivity contribution in [2.75, 3.05) is 21.3 Å². The molecule has 1 fully saturated rings. The van der Waals surface area contributed by atoms with E-state index in [1.165, 1.54) is 7.11 Å². The second-order valence-electron chi connectivity index (χ2n) is 11.2. The Morgan fingerprint density at radius 1 is 0.927 bits per heavy atom. The van der Waals surface area contributed by atoms with Gasteiger partial charge in [0.05, 0.1) is 32.5 Å². The summed E-state index contributed by atoms with van der Waals surface area (Å²) in [6.07, 6.45) is 5.22. The Hall–Kier alpha value is -3.17. The van der Waals surface area contributed by atoms with Crippen LogP contribution in [0.4, 0.5) is 0 Å². The molecule has 0 amide bonds. The first-order chi connectivity index (χ1) is 19.6. The Bertz CT molecular complexity index is 1290. The molecule has 2 aliphatic carbocycles. The van der Waals surface area contributed by atoms with Gasteiger partial charge in [-0.05, 0) is 79.3 Å². The Morgan fingerprint density at radius 3 is 1.83 bits per heavy atom. The molecule has 0 bridgehead atoms. The SMILES string of the molecule is COC(=O)[C@@H](C1=C[C@H]([C@H](C)[C@@H](C)S(=O)(=O)N(Cc2ccc(OC)cc2)Cc2ccc(OC)cc2)C1)[C@@H]1CC[C@H]1C=O. The Kier molecular flexibility index (Phi) is 9.92. The molecule has 2 aromatic rings. The molecular formula is C32H41NO7S. The van der Waals surface area contributed by atoms with Gasteiger partial charge in [-0.25, -0.2) is 8.42 Å². The highest BCUT2D eigenvalue weighted by molar-refractivity contribution is 7.89. The summed E-state index contributed by atoms with van der Waals surface area (Å²) in [6, 6.07) is 14.8. The summed E-state index contributed by atoms with van der Waals surface area (Å²) in [5.74, 6) is 0.345. The van der Waals surface area contributed by atoms with Gasteiger partial charge in [0, 0.05) is 19.0 Å². The van der Waals surface area contributed by atoms with Gasteiger partial charge in [0.25, 0.3) is 0 Å². The number of benzene rings is 2. The molecule has 0 spiro atoms. The largest absolute Gasteiger partial charge is 0.497 e. The molecule has 2 aliphatic rings. The molecule has 8 nitrogen and oxygen atoms in total. The molecule has 0 radical (unpaired) electrons. The lowest BCUT2D eigenvalue weighted by Gasteiger charge is -2.43. The van der Waals surface area contributed by atoms with Gasteiger partial charge < -0.3 is 19.0 Å². The van der Waals surface area contributed by atoms with Gasteiger partial charge in [-0.2, -0.15) is 4.31 Å². The lowest BCUT2D eigenvalue weighted by molar-refractivity contribution is -0.149. The number of hydrogen-bond acceptors (Lipinski definition) is 7. The molecule has 0 aromatic heterocycles. The molecule has 0 saturated heterocycles. The van der Waals surface area contributed by atoms with E-state index in [1.54, 1.807) is 25.4 Å². The smallest absolute Gasteiger partial charge is 0.313 e. The van der Waals surface area contributed by atoms with E-state index in [4.69, 9.17) is 14.2 Å². The molecule has 6 atom stereocenters. The van der Waals surface area contributed by atoms with Crippen molar-refractivity contribution in [2.24, 2.45) is 29.6 Å². The van der Waals surface area contributed by atoms with Crippen LogP contribution in [0.25, 0.3) is 0 Å². The first-order valence-electron chi connectivity index (χ1n) is 14.1. The molecule has 0 N–H and O–H groups in total. The zero-order chi connectivity index (χ0) is 29.7. The normalized spacial score (nSPS) is 22.4. The van der Waals surface area contributed by atoms with Crippen LogP contribution in [-0.2, 0) is 37.4 Å². The van der Waals surface area contributed by atoms with Crippen LogP contribution in [0.5, 0.6) is 11.5 Å². The van der Waals surface area contributed by atoms with Gasteiger partial charge in [0.2, 0.25) is 10.0 Å². The summed E-state index contributed by atoms with van der Waals surface area (Å²) in [7, 11) is 0.839. The summed E-state index contributed by atoms with van der Waals surface area (Å²) in [6.45, 7) is 4.18. The predicted octanol–water partition coefficient (Wildman–Crippen LogP) is 5.02. The van der Waals surface area contributed by atoms with Gasteiger partial charge in [-0.15, -0.1) is 0 Å². The van der Waals surface area contributed by atoms with Crippen LogP contribution in [0.2, 0.25) is 0 Å². The average Bonchev–Trinajstić information content (AvgIpc) is 2.94. The van der Waals surface area contributed by atoms with Crippen molar-refractivity contribution in [3.63, 3.8) is 0 Å². The number of hydrogen-bond donors (Lipinski definition) is 0. The number of aldehydes is 1. The van der Waals surface area contributed by atoms with Gasteiger partial charge in [0.1, 0.15) is 17.8 Å². The minimum absolute atomic E-state index is 0.0144. The number of methoxy groups -OCH3 is 3. The van der Waals surface area contributed by atoms with E-state index in [2.05, 4.69) is 0 Å². The molecule has 0 aliphatic heterocycles. The summed E-state index contributed by atoms with van der Waals surface area (Å²) >= 11 is 0. The standard InChI is InChI=1S/C32H41NO7S/c1-21(26-16-27(17-26)31(32(35)40-5)30-15-10-25(30)20-34)22(2)41(36,37)33(18-23-6-11-28(38-3)12-7-23)19-24-8-13-29(39-4)14-9-24/h6-9,11-14,16,20-22,25-26,30-31H,10,15,17-19H2,1-5H3/t21-,22-,25+,26+,30-,31+/m1/s1. The quantitative estimate of drug-likeness (QED) is 0.175. The molecule has 2 aromatic carbocycles. The average molecular weight is 584 g/mol. The zero-order valence-corrected chi connectivity index (χ0v) is 25.3. The Labute approximate surface area is 243 Å². The number of nitrogens with zero attached hydrogens (tertiary/aromatic N) is 1. The highest BCUT2D eigenvalue weighted by Gasteiger charge is 2.46. The minimum Gasteiger partial charge on any atom is -0.497 e. The van der Waals surface area contributed by atoms with Crippen LogP contribution < -0.4 is 9.47 Å². The van der Waals surface area contributed by atoms with E-state index in [1.807, 2.05) is 61.5 Å². The van der Waals surface area contributed by atoms with E-state index in [9.17, 15) is 18.0 Å². The van der Waals surface area contributed by atoms with E-state index < -0.39 is 21.2 Å². The maximum Gasteiger partial charge on any atom is 0.313 e. The third kappa shape index (κ3) is 6.67. The molecule has 9 heteroatoms. The first-order valence-corrected chi connectivity index (χ1v) is 15.6. The fourth-order valence-corrected chi connectivity index (χ4v) is 7.78. The molecular weight excluding hydrogens is 542 g/mol. The maximum atomic E-state index is 14.1. The van der Waals surface area contributed by atoms with Crippen LogP contribution in [0.1, 0.15) is 44.2 Å². The third-order valence-corrected chi connectivity index (χ3v) is 11.4. The fraction of sp³-hybridized carbons (Fsp3) is 0.500. The number of carbonyl (C=O) groups excluding carboxylic acids is 2. The van der Waals surface area contributed by atoms with Crippen molar-refractivity contribution in [1.29, 1.82) is 0 Å². The lowest BCUT2D eigenvalue weighted by atomic mass is 9.61. The van der Waals surface area contributed by atoms with Crippen LogP contribution in [-0.4, -0.2) is 51.6 Å². The van der Waals surface area contributed by atoms with Crippen molar-refractivity contribution in [3.05, 3.63) is 71.3 Å². The molecule has 0 unspecified atom stereocenters. The molecule has 41 heavy (non-hydrogen) atoms. The van der Waals surface area contributed by atoms with Gasteiger partial charge >= 0.3 is 5.97 Å². The second-order valence-corrected chi connectivity index (χ2v) is 13.5. The number of carbonyl (C=O) groups is 2. The monoisotopic (exact) mass is 583 g/mol. The summed E-state index contributed by atoms with van der Waals surface area (Å²) in [5, 5.41) is -0.662. The van der Waals surface area contributed by atoms with Gasteiger partial charge in [-0.1, -0.05) is 42.8 Å². The van der Waals surface area contributed by atoms with E-state index >= 15 is 0 Å². The van der Waals surface area contributed by atoms with E-state index in [0.29, 0.717) is 17.9 Å². The highest BCUT2D eigenvalue weighted by atomic mass is 32.2. The molecule has 1 saturated carbocycles. The lowest BCUT2D eigenvalue weighted by Crippen LogP contribution is -2.44. The van der Waals surface area contributed by atoms with Crippen LogP contribution >= 0.6 is 0 Å². The molecule has 0 heterocycles. The number of sulfonamides is 1. The topological polar surface area (TPSA) is 99.2 Å². The summed E-state index contributed by atoms with van der Waals surface area (Å²) < 4.78 is 45.4. The minimum atomic E-state index is -3.73. The number of allylic oxidation sites excluding steroid dienone is 1. The zero-order valence-electron chi connectivity index (χ0n) is 24.5. The van der Waals surface area contributed by atoms with Crippen molar-refractivity contribution in [3.8, 4) is 11.5 Å². The number of rotatable bonds is 14. The second kappa shape index (κ2) is 13.2. The summed E-state index contributed by atoms with van der Waals surface area (Å²) in [5.41, 5.74) is 2.68. The summed E-state index contributed by atoms with van der Waals surface area (Å²) in [4.78, 5) is 24.1. The number of esters is 1. The number of ether oxygens (including phenoxy) is 3. The van der Waals surface area contributed by atoms with E-state index in [-0.39, 0.29) is 42.7 Å². The Morgan fingerprint density at radius 2 is 1.44 bits per heavy atom. The fourth-order valence-electron chi connectivity index (χ4n) is 5.90. The van der Waals surface area contributed by atoms with Crippen molar-refractivity contribution < 1.29 is 32.2 Å². The van der Waals surface area contributed by atoms with Crippen LogP contribution in [0, 0.1) is 29.6 Å². The van der Waals surface area contributed by atoms with Crippen molar-refractivity contribution in [1.82, 2.24) is 4.31 Å². The van der Waals surface area contributed by atoms with Crippen molar-refractivity contribution >= 4 is 22.3 Å². The highest BCUT2D eigenvalue weighted by Crippen LogP contribution is 2.48. The Balaban J connectivity index is 1.54. The van der Waals surface area contributed by atoms with Crippen LogP contribution in [0.3, 0.4) is 0 Å². The molecule has 222 valence electrons.